The van der Waals surface area contributed by atoms with E-state index in [1.165, 1.54) is 25.7 Å². The average Bonchev–Trinajstić information content (AvgIpc) is 2.42. The number of rotatable bonds is 5. The monoisotopic (exact) mass is 294 g/mol. The van der Waals surface area contributed by atoms with Crippen molar-refractivity contribution in [2.24, 2.45) is 0 Å². The minimum absolute atomic E-state index is 0.142. The fourth-order valence-electron chi connectivity index (χ4n) is 2.71. The molecule has 0 heterocycles. The molecule has 1 aromatic rings. The Morgan fingerprint density at radius 2 is 2.15 bits per heavy atom. The third kappa shape index (κ3) is 4.23. The van der Waals surface area contributed by atoms with E-state index in [9.17, 15) is 0 Å². The molecule has 3 nitrogen and oxygen atoms in total. The lowest BCUT2D eigenvalue weighted by molar-refractivity contribution is 0.244. The first-order chi connectivity index (χ1) is 9.58. The van der Waals surface area contributed by atoms with Crippen LogP contribution in [0.1, 0.15) is 39.5 Å². The summed E-state index contributed by atoms with van der Waals surface area (Å²) in [6, 6.07) is 6.56. The normalized spacial score (nSPS) is 22.8. The first-order valence-electron chi connectivity index (χ1n) is 7.44. The highest BCUT2D eigenvalue weighted by Gasteiger charge is 2.21. The van der Waals surface area contributed by atoms with Crippen LogP contribution in [-0.2, 0) is 0 Å². The van der Waals surface area contributed by atoms with E-state index in [0.717, 1.165) is 16.7 Å². The Hall–Kier alpha value is -1.03. The number of nitrogens with one attached hydrogen (secondary N) is 1. The van der Waals surface area contributed by atoms with Gasteiger partial charge in [-0.25, -0.2) is 0 Å². The van der Waals surface area contributed by atoms with E-state index in [1.807, 2.05) is 43.8 Å². The van der Waals surface area contributed by atoms with Gasteiger partial charge in [0.15, 0.2) is 0 Å². The highest BCUT2D eigenvalue weighted by molar-refractivity contribution is 7.99. The van der Waals surface area contributed by atoms with E-state index >= 15 is 0 Å². The molecule has 4 heteroatoms. The van der Waals surface area contributed by atoms with Gasteiger partial charge in [-0.1, -0.05) is 6.42 Å². The smallest absolute Gasteiger partial charge is 0.144 e. The Balaban J connectivity index is 2.02. The summed E-state index contributed by atoms with van der Waals surface area (Å²) in [5.74, 6) is 0.780. The molecule has 1 saturated carbocycles. The second-order valence-corrected chi connectivity index (χ2v) is 6.92. The summed E-state index contributed by atoms with van der Waals surface area (Å²) in [5.41, 5.74) is 7.77. The second kappa shape index (κ2) is 7.11. The molecule has 2 rings (SSSR count). The molecule has 0 radical (unpaired) electrons. The number of nitrogen functional groups attached to an aromatic ring is 1. The van der Waals surface area contributed by atoms with E-state index in [4.69, 9.17) is 10.5 Å². The summed E-state index contributed by atoms with van der Waals surface area (Å²) in [6.45, 7) is 4.04. The Kier molecular flexibility index (Phi) is 5.46. The number of benzene rings is 1. The third-order valence-corrected chi connectivity index (χ3v) is 4.80. The number of anilines is 2. The van der Waals surface area contributed by atoms with Crippen molar-refractivity contribution >= 4 is 23.1 Å². The molecular formula is C16H26N2OS. The maximum absolute atomic E-state index is 5.96. The highest BCUT2D eigenvalue weighted by Crippen LogP contribution is 2.31. The number of thioether (sulfide) groups is 1. The van der Waals surface area contributed by atoms with Crippen LogP contribution in [0.2, 0.25) is 0 Å². The summed E-state index contributed by atoms with van der Waals surface area (Å²) in [4.78, 5) is 0. The van der Waals surface area contributed by atoms with Gasteiger partial charge in [0.05, 0.1) is 11.8 Å². The minimum atomic E-state index is 0.142. The van der Waals surface area contributed by atoms with Gasteiger partial charge in [0.25, 0.3) is 0 Å². The molecule has 1 aliphatic carbocycles. The van der Waals surface area contributed by atoms with Gasteiger partial charge in [-0.3, -0.25) is 0 Å². The van der Waals surface area contributed by atoms with E-state index < -0.39 is 0 Å². The van der Waals surface area contributed by atoms with Gasteiger partial charge >= 0.3 is 0 Å². The molecule has 1 aliphatic rings. The van der Waals surface area contributed by atoms with Crippen LogP contribution in [0.3, 0.4) is 0 Å². The molecule has 20 heavy (non-hydrogen) atoms. The minimum Gasteiger partial charge on any atom is -0.489 e. The number of hydrogen-bond donors (Lipinski definition) is 2. The van der Waals surface area contributed by atoms with E-state index in [1.54, 1.807) is 0 Å². The average molecular weight is 294 g/mol. The third-order valence-electron chi connectivity index (χ3n) is 3.71. The molecule has 2 atom stereocenters. The topological polar surface area (TPSA) is 47.3 Å². The van der Waals surface area contributed by atoms with Crippen molar-refractivity contribution in [1.29, 1.82) is 0 Å². The van der Waals surface area contributed by atoms with Gasteiger partial charge in [0.1, 0.15) is 5.75 Å². The van der Waals surface area contributed by atoms with Gasteiger partial charge < -0.3 is 15.8 Å². The standard InChI is InChI=1S/C16H26N2OS/c1-11(2)19-16-10-13(7-8-15(16)17)18-12-5-4-6-14(9-12)20-3/h7-8,10-12,14,18H,4-6,9,17H2,1-3H3. The zero-order valence-corrected chi connectivity index (χ0v) is 13.5. The predicted octanol–water partition coefficient (Wildman–Crippen LogP) is 4.14. The molecule has 0 saturated heterocycles. The molecule has 0 spiro atoms. The van der Waals surface area contributed by atoms with Gasteiger partial charge in [0, 0.05) is 23.0 Å². The van der Waals surface area contributed by atoms with E-state index in [0.29, 0.717) is 11.7 Å². The largest absolute Gasteiger partial charge is 0.489 e. The van der Waals surface area contributed by atoms with Crippen LogP contribution in [0.5, 0.6) is 5.75 Å². The first kappa shape index (κ1) is 15.4. The maximum atomic E-state index is 5.96. The zero-order chi connectivity index (χ0) is 14.5. The van der Waals surface area contributed by atoms with Crippen LogP contribution < -0.4 is 15.8 Å². The Morgan fingerprint density at radius 3 is 2.85 bits per heavy atom. The van der Waals surface area contributed by atoms with Crippen molar-refractivity contribution < 1.29 is 4.74 Å². The molecule has 0 bridgehead atoms. The summed E-state index contributed by atoms with van der Waals surface area (Å²) in [6.07, 6.45) is 7.51. The summed E-state index contributed by atoms with van der Waals surface area (Å²) < 4.78 is 5.75. The van der Waals surface area contributed by atoms with Crippen LogP contribution in [0.4, 0.5) is 11.4 Å². The molecule has 2 unspecified atom stereocenters. The molecular weight excluding hydrogens is 268 g/mol. The van der Waals surface area contributed by atoms with Crippen LogP contribution >= 0.6 is 11.8 Å². The number of ether oxygens (including phenoxy) is 1. The molecule has 1 fully saturated rings. The summed E-state index contributed by atoms with van der Waals surface area (Å²) in [7, 11) is 0. The fourth-order valence-corrected chi connectivity index (χ4v) is 3.53. The van der Waals surface area contributed by atoms with Crippen LogP contribution in [0.15, 0.2) is 18.2 Å². The van der Waals surface area contributed by atoms with Crippen molar-refractivity contribution in [3.8, 4) is 5.75 Å². The van der Waals surface area contributed by atoms with Crippen molar-refractivity contribution in [2.45, 2.75) is 56.9 Å². The summed E-state index contributed by atoms with van der Waals surface area (Å²) in [5, 5.41) is 4.43. The molecule has 0 amide bonds. The Bertz CT molecular complexity index is 436. The van der Waals surface area contributed by atoms with E-state index in [2.05, 4.69) is 11.6 Å². The lowest BCUT2D eigenvalue weighted by Crippen LogP contribution is -2.28. The van der Waals surface area contributed by atoms with Gasteiger partial charge in [0.2, 0.25) is 0 Å². The molecule has 3 N–H and O–H groups in total. The SMILES string of the molecule is CSC1CCCC(Nc2ccc(N)c(OC(C)C)c2)C1. The molecule has 112 valence electrons. The Labute approximate surface area is 126 Å². The second-order valence-electron chi connectivity index (χ2n) is 5.78. The summed E-state index contributed by atoms with van der Waals surface area (Å²) >= 11 is 1.99. The molecule has 0 aromatic heterocycles. The van der Waals surface area contributed by atoms with Crippen molar-refractivity contribution in [1.82, 2.24) is 0 Å². The molecule has 1 aromatic carbocycles. The quantitative estimate of drug-likeness (QED) is 0.801. The van der Waals surface area contributed by atoms with Gasteiger partial charge in [-0.15, -0.1) is 0 Å². The van der Waals surface area contributed by atoms with Crippen LogP contribution in [0, 0.1) is 0 Å². The van der Waals surface area contributed by atoms with Crippen molar-refractivity contribution in [3.63, 3.8) is 0 Å². The number of hydrogen-bond acceptors (Lipinski definition) is 4. The van der Waals surface area contributed by atoms with Crippen LogP contribution in [-0.4, -0.2) is 23.7 Å². The first-order valence-corrected chi connectivity index (χ1v) is 8.72. The zero-order valence-electron chi connectivity index (χ0n) is 12.7. The number of nitrogens with two attached hydrogens (primary N) is 1. The van der Waals surface area contributed by atoms with Gasteiger partial charge in [-0.05, 0) is 51.5 Å². The van der Waals surface area contributed by atoms with Crippen molar-refractivity contribution in [2.75, 3.05) is 17.3 Å². The Morgan fingerprint density at radius 1 is 1.35 bits per heavy atom. The predicted molar refractivity (Wildman–Crippen MR) is 89.8 cm³/mol. The van der Waals surface area contributed by atoms with Crippen LogP contribution in [0.25, 0.3) is 0 Å². The van der Waals surface area contributed by atoms with Gasteiger partial charge in [-0.2, -0.15) is 11.8 Å². The van der Waals surface area contributed by atoms with Crippen molar-refractivity contribution in [3.05, 3.63) is 18.2 Å². The fraction of sp³-hybridized carbons (Fsp3) is 0.625. The lowest BCUT2D eigenvalue weighted by atomic mass is 9.94. The highest BCUT2D eigenvalue weighted by atomic mass is 32.2. The molecule has 0 aliphatic heterocycles. The maximum Gasteiger partial charge on any atom is 0.144 e. The van der Waals surface area contributed by atoms with E-state index in [-0.39, 0.29) is 6.10 Å². The lowest BCUT2D eigenvalue weighted by Gasteiger charge is -2.29.